The maximum absolute atomic E-state index is 12.5. The number of nitrogens with zero attached hydrogens (tertiary/aromatic N) is 1. The Morgan fingerprint density at radius 3 is 2.58 bits per heavy atom. The highest BCUT2D eigenvalue weighted by Crippen LogP contribution is 2.22. The number of rotatable bonds is 5. The number of benzene rings is 1. The molecule has 1 aliphatic heterocycles. The third kappa shape index (κ3) is 4.07. The van der Waals surface area contributed by atoms with Crippen LogP contribution in [-0.4, -0.2) is 29.8 Å². The highest BCUT2D eigenvalue weighted by Gasteiger charge is 2.27. The van der Waals surface area contributed by atoms with E-state index < -0.39 is 0 Å². The minimum absolute atomic E-state index is 0.141. The van der Waals surface area contributed by atoms with Gasteiger partial charge in [0.1, 0.15) is 18.1 Å². The minimum Gasteiger partial charge on any atom is -0.485 e. The SMILES string of the molecule is Cc1ccc(OCc2ccc(C(=O)N3CCC(C(N)=O)CC3)o2)c(C)c1. The summed E-state index contributed by atoms with van der Waals surface area (Å²) in [5, 5.41) is 0. The van der Waals surface area contributed by atoms with Gasteiger partial charge in [0.25, 0.3) is 5.91 Å². The van der Waals surface area contributed by atoms with Gasteiger partial charge in [-0.05, 0) is 50.5 Å². The molecule has 2 aromatic rings. The first-order chi connectivity index (χ1) is 12.4. The van der Waals surface area contributed by atoms with E-state index >= 15 is 0 Å². The van der Waals surface area contributed by atoms with E-state index in [0.717, 1.165) is 11.3 Å². The van der Waals surface area contributed by atoms with Gasteiger partial charge in [0, 0.05) is 19.0 Å². The van der Waals surface area contributed by atoms with Crippen LogP contribution >= 0.6 is 0 Å². The van der Waals surface area contributed by atoms with E-state index in [0.29, 0.717) is 37.5 Å². The fourth-order valence-corrected chi connectivity index (χ4v) is 3.20. The number of carbonyl (C=O) groups is 2. The molecule has 2 amide bonds. The molecule has 0 spiro atoms. The third-order valence-corrected chi connectivity index (χ3v) is 4.76. The molecule has 0 radical (unpaired) electrons. The van der Waals surface area contributed by atoms with Crippen molar-refractivity contribution in [2.24, 2.45) is 11.7 Å². The molecule has 1 aliphatic rings. The lowest BCUT2D eigenvalue weighted by molar-refractivity contribution is -0.123. The van der Waals surface area contributed by atoms with Crippen molar-refractivity contribution >= 4 is 11.8 Å². The Morgan fingerprint density at radius 2 is 1.92 bits per heavy atom. The maximum Gasteiger partial charge on any atom is 0.289 e. The van der Waals surface area contributed by atoms with Gasteiger partial charge < -0.3 is 19.8 Å². The van der Waals surface area contributed by atoms with Crippen LogP contribution in [0.15, 0.2) is 34.7 Å². The highest BCUT2D eigenvalue weighted by molar-refractivity contribution is 5.91. The number of hydrogen-bond acceptors (Lipinski definition) is 4. The lowest BCUT2D eigenvalue weighted by Crippen LogP contribution is -2.41. The van der Waals surface area contributed by atoms with E-state index in [1.807, 2.05) is 26.0 Å². The van der Waals surface area contributed by atoms with Crippen LogP contribution in [0.4, 0.5) is 0 Å². The van der Waals surface area contributed by atoms with Crippen LogP contribution in [0.25, 0.3) is 0 Å². The summed E-state index contributed by atoms with van der Waals surface area (Å²) in [7, 11) is 0. The number of carbonyl (C=O) groups excluding carboxylic acids is 2. The average Bonchev–Trinajstić information content (AvgIpc) is 3.09. The average molecular weight is 356 g/mol. The first kappa shape index (κ1) is 18.0. The van der Waals surface area contributed by atoms with Crippen molar-refractivity contribution in [3.63, 3.8) is 0 Å². The van der Waals surface area contributed by atoms with Gasteiger partial charge in [-0.1, -0.05) is 17.7 Å². The third-order valence-electron chi connectivity index (χ3n) is 4.76. The van der Waals surface area contributed by atoms with Gasteiger partial charge in [0.2, 0.25) is 5.91 Å². The van der Waals surface area contributed by atoms with E-state index in [-0.39, 0.29) is 24.3 Å². The number of aryl methyl sites for hydroxylation is 2. The predicted molar refractivity (Wildman–Crippen MR) is 96.8 cm³/mol. The largest absolute Gasteiger partial charge is 0.485 e. The zero-order chi connectivity index (χ0) is 18.7. The summed E-state index contributed by atoms with van der Waals surface area (Å²) in [5.41, 5.74) is 7.57. The number of furan rings is 1. The fraction of sp³-hybridized carbons (Fsp3) is 0.400. The van der Waals surface area contributed by atoms with Gasteiger partial charge >= 0.3 is 0 Å². The summed E-state index contributed by atoms with van der Waals surface area (Å²) in [4.78, 5) is 25.5. The summed E-state index contributed by atoms with van der Waals surface area (Å²) >= 11 is 0. The molecule has 0 aliphatic carbocycles. The molecule has 6 nitrogen and oxygen atoms in total. The number of likely N-dealkylation sites (tertiary alicyclic amines) is 1. The van der Waals surface area contributed by atoms with Gasteiger partial charge in [-0.2, -0.15) is 0 Å². The van der Waals surface area contributed by atoms with E-state index in [1.165, 1.54) is 5.56 Å². The predicted octanol–water partition coefficient (Wildman–Crippen LogP) is 2.81. The molecule has 0 bridgehead atoms. The smallest absolute Gasteiger partial charge is 0.289 e. The van der Waals surface area contributed by atoms with Gasteiger partial charge in [0.15, 0.2) is 5.76 Å². The van der Waals surface area contributed by atoms with Crippen LogP contribution in [0.5, 0.6) is 5.75 Å². The van der Waals surface area contributed by atoms with Crippen molar-refractivity contribution in [2.75, 3.05) is 13.1 Å². The highest BCUT2D eigenvalue weighted by atomic mass is 16.5. The van der Waals surface area contributed by atoms with Crippen molar-refractivity contribution in [2.45, 2.75) is 33.3 Å². The van der Waals surface area contributed by atoms with Crippen LogP contribution < -0.4 is 10.5 Å². The molecular formula is C20H24N2O4. The number of amides is 2. The Hall–Kier alpha value is -2.76. The summed E-state index contributed by atoms with van der Waals surface area (Å²) in [5.74, 6) is 1.10. The Bertz CT molecular complexity index is 804. The van der Waals surface area contributed by atoms with Crippen molar-refractivity contribution in [3.8, 4) is 5.75 Å². The molecule has 138 valence electrons. The maximum atomic E-state index is 12.5. The van der Waals surface area contributed by atoms with E-state index in [2.05, 4.69) is 6.07 Å². The molecule has 3 rings (SSSR count). The van der Waals surface area contributed by atoms with Crippen molar-refractivity contribution in [1.29, 1.82) is 0 Å². The Balaban J connectivity index is 1.57. The summed E-state index contributed by atoms with van der Waals surface area (Å²) in [6, 6.07) is 9.41. The molecule has 6 heteroatoms. The van der Waals surface area contributed by atoms with Gasteiger partial charge in [-0.3, -0.25) is 9.59 Å². The van der Waals surface area contributed by atoms with Crippen LogP contribution in [0.2, 0.25) is 0 Å². The zero-order valence-electron chi connectivity index (χ0n) is 15.2. The summed E-state index contributed by atoms with van der Waals surface area (Å²) < 4.78 is 11.4. The minimum atomic E-state index is -0.291. The zero-order valence-corrected chi connectivity index (χ0v) is 15.2. The van der Waals surface area contributed by atoms with Crippen LogP contribution in [0.1, 0.15) is 40.3 Å². The Kier molecular flexibility index (Phi) is 5.30. The molecular weight excluding hydrogens is 332 g/mol. The molecule has 0 atom stereocenters. The normalized spacial score (nSPS) is 15.1. The second-order valence-corrected chi connectivity index (χ2v) is 6.79. The molecule has 1 fully saturated rings. The number of ether oxygens (including phenoxy) is 1. The molecule has 2 heterocycles. The quantitative estimate of drug-likeness (QED) is 0.892. The van der Waals surface area contributed by atoms with Crippen molar-refractivity contribution < 1.29 is 18.7 Å². The van der Waals surface area contributed by atoms with Crippen LogP contribution in [0, 0.1) is 19.8 Å². The lowest BCUT2D eigenvalue weighted by atomic mass is 9.96. The molecule has 1 aromatic carbocycles. The first-order valence-corrected chi connectivity index (χ1v) is 8.81. The standard InChI is InChI=1S/C20H24N2O4/c1-13-3-5-17(14(2)11-13)25-12-16-4-6-18(26-16)20(24)22-9-7-15(8-10-22)19(21)23/h3-6,11,15H,7-10,12H2,1-2H3,(H2,21,23). The van der Waals surface area contributed by atoms with Crippen molar-refractivity contribution in [3.05, 3.63) is 53.0 Å². The number of nitrogens with two attached hydrogens (primary N) is 1. The topological polar surface area (TPSA) is 85.8 Å². The van der Waals surface area contributed by atoms with Crippen LogP contribution in [-0.2, 0) is 11.4 Å². The Morgan fingerprint density at radius 1 is 1.19 bits per heavy atom. The van der Waals surface area contributed by atoms with Crippen LogP contribution in [0.3, 0.4) is 0 Å². The molecule has 1 aromatic heterocycles. The van der Waals surface area contributed by atoms with E-state index in [1.54, 1.807) is 17.0 Å². The molecule has 0 saturated carbocycles. The number of hydrogen-bond donors (Lipinski definition) is 1. The van der Waals surface area contributed by atoms with E-state index in [9.17, 15) is 9.59 Å². The second-order valence-electron chi connectivity index (χ2n) is 6.79. The van der Waals surface area contributed by atoms with Crippen molar-refractivity contribution in [1.82, 2.24) is 4.90 Å². The van der Waals surface area contributed by atoms with E-state index in [4.69, 9.17) is 14.9 Å². The molecule has 26 heavy (non-hydrogen) atoms. The van der Waals surface area contributed by atoms with Gasteiger partial charge in [-0.15, -0.1) is 0 Å². The van der Waals surface area contributed by atoms with Gasteiger partial charge in [-0.25, -0.2) is 0 Å². The molecule has 1 saturated heterocycles. The Labute approximate surface area is 152 Å². The molecule has 2 N–H and O–H groups in total. The number of primary amides is 1. The fourth-order valence-electron chi connectivity index (χ4n) is 3.20. The monoisotopic (exact) mass is 356 g/mol. The van der Waals surface area contributed by atoms with Gasteiger partial charge in [0.05, 0.1) is 0 Å². The number of piperidine rings is 1. The molecule has 0 unspecified atom stereocenters. The first-order valence-electron chi connectivity index (χ1n) is 8.81. The lowest BCUT2D eigenvalue weighted by Gasteiger charge is -2.29. The summed E-state index contributed by atoms with van der Waals surface area (Å²) in [6.45, 7) is 5.33. The summed E-state index contributed by atoms with van der Waals surface area (Å²) in [6.07, 6.45) is 1.20. The second kappa shape index (κ2) is 7.64.